The molecule has 0 saturated carbocycles. The number of aliphatic carboxylic acids is 1. The highest BCUT2D eigenvalue weighted by Crippen LogP contribution is 2.27. The molecule has 0 bridgehead atoms. The molecule has 12 nitrogen and oxygen atoms in total. The molecule has 2 aromatic rings. The number of aromatic hydroxyl groups is 1. The summed E-state index contributed by atoms with van der Waals surface area (Å²) in [4.78, 5) is 58.5. The molecule has 1 aromatic heterocycles. The first-order valence-electron chi connectivity index (χ1n) is 9.07. The van der Waals surface area contributed by atoms with Gasteiger partial charge in [0.2, 0.25) is 11.8 Å². The number of carboxylic acids is 1. The fourth-order valence-electron chi connectivity index (χ4n) is 2.89. The number of aliphatic hydroxyl groups excluding tert-OH is 1. The molecule has 0 aliphatic heterocycles. The Morgan fingerprint density at radius 1 is 1.16 bits per heavy atom. The minimum atomic E-state index is -1.32. The summed E-state index contributed by atoms with van der Waals surface area (Å²) in [5, 5.41) is 35.4. The second kappa shape index (κ2) is 9.71. The maximum atomic E-state index is 12.5. The predicted octanol–water partition coefficient (Wildman–Crippen LogP) is -1.83. The van der Waals surface area contributed by atoms with Crippen LogP contribution in [-0.2, 0) is 28.0 Å². The second-order valence-corrected chi connectivity index (χ2v) is 6.67. The number of carboxylic acid groups (broad SMARTS) is 1. The highest BCUT2D eigenvalue weighted by atomic mass is 16.4. The fraction of sp³-hybridized carbons (Fsp3) is 0.316. The number of hydrogen-bond donors (Lipinski definition) is 6. The van der Waals surface area contributed by atoms with E-state index in [2.05, 4.69) is 10.6 Å². The lowest BCUT2D eigenvalue weighted by Crippen LogP contribution is -2.48. The normalized spacial score (nSPS) is 11.6. The van der Waals surface area contributed by atoms with E-state index in [9.17, 15) is 34.2 Å². The molecule has 1 atom stereocenters. The van der Waals surface area contributed by atoms with Crippen molar-refractivity contribution in [1.82, 2.24) is 20.5 Å². The third-order valence-electron chi connectivity index (χ3n) is 4.40. The first-order valence-corrected chi connectivity index (χ1v) is 9.07. The van der Waals surface area contributed by atoms with E-state index in [4.69, 9.17) is 5.11 Å². The van der Waals surface area contributed by atoms with Crippen molar-refractivity contribution in [2.45, 2.75) is 19.5 Å². The number of amides is 3. The van der Waals surface area contributed by atoms with E-state index in [0.717, 1.165) is 4.57 Å². The lowest BCUT2D eigenvalue weighted by molar-refractivity contribution is -0.135. The number of carbonyl (C=O) groups is 4. The molecule has 12 heteroatoms. The van der Waals surface area contributed by atoms with Crippen LogP contribution in [0.4, 0.5) is 0 Å². The molecule has 166 valence electrons. The van der Waals surface area contributed by atoms with E-state index in [0.29, 0.717) is 11.1 Å². The number of aromatic nitrogens is 1. The minimum Gasteiger partial charge on any atom is -0.506 e. The largest absolute Gasteiger partial charge is 0.506 e. The summed E-state index contributed by atoms with van der Waals surface area (Å²) in [5.41, 5.74) is -0.622. The first kappa shape index (κ1) is 23.3. The third kappa shape index (κ3) is 5.36. The van der Waals surface area contributed by atoms with Gasteiger partial charge in [-0.3, -0.25) is 24.0 Å². The van der Waals surface area contributed by atoms with Gasteiger partial charge in [-0.1, -0.05) is 6.07 Å². The summed E-state index contributed by atoms with van der Waals surface area (Å²) < 4.78 is 1.13. The van der Waals surface area contributed by atoms with Crippen LogP contribution >= 0.6 is 0 Å². The third-order valence-corrected chi connectivity index (χ3v) is 4.40. The van der Waals surface area contributed by atoms with Crippen LogP contribution in [0.1, 0.15) is 22.8 Å². The fourth-order valence-corrected chi connectivity index (χ4v) is 2.89. The van der Waals surface area contributed by atoms with Gasteiger partial charge in [0.15, 0.2) is 0 Å². The summed E-state index contributed by atoms with van der Waals surface area (Å²) in [6.07, 6.45) is 0. The maximum Gasteiger partial charge on any atom is 0.322 e. The maximum absolute atomic E-state index is 12.5. The van der Waals surface area contributed by atoms with Gasteiger partial charge in [-0.25, -0.2) is 0 Å². The van der Waals surface area contributed by atoms with Crippen molar-refractivity contribution in [3.63, 3.8) is 0 Å². The van der Waals surface area contributed by atoms with Crippen molar-refractivity contribution in [2.75, 3.05) is 13.2 Å². The van der Waals surface area contributed by atoms with Crippen molar-refractivity contribution >= 4 is 34.6 Å². The number of rotatable bonds is 8. The number of nitrogens with one attached hydrogen (secondary N) is 3. The highest BCUT2D eigenvalue weighted by Gasteiger charge is 2.22. The number of hydrogen-bond acceptors (Lipinski definition) is 7. The lowest BCUT2D eigenvalue weighted by atomic mass is 10.1. The predicted molar refractivity (Wildman–Crippen MR) is 107 cm³/mol. The van der Waals surface area contributed by atoms with E-state index in [1.807, 2.05) is 5.32 Å². The average molecular weight is 434 g/mol. The number of fused-ring (bicyclic) bond motifs is 1. The molecular weight excluding hydrogens is 412 g/mol. The van der Waals surface area contributed by atoms with Crippen molar-refractivity contribution in [1.29, 1.82) is 0 Å². The Morgan fingerprint density at radius 2 is 1.84 bits per heavy atom. The number of aliphatic hydroxyl groups is 1. The number of nitrogens with zero attached hydrogens (tertiary/aromatic N) is 1. The number of carbonyl (C=O) groups excluding carboxylic acids is 3. The summed E-state index contributed by atoms with van der Waals surface area (Å²) in [5.74, 6) is -4.09. The van der Waals surface area contributed by atoms with Crippen LogP contribution in [0.5, 0.6) is 5.75 Å². The molecule has 3 amide bonds. The van der Waals surface area contributed by atoms with Crippen LogP contribution in [-0.4, -0.2) is 62.8 Å². The van der Waals surface area contributed by atoms with Crippen LogP contribution < -0.4 is 21.5 Å². The molecule has 31 heavy (non-hydrogen) atoms. The van der Waals surface area contributed by atoms with Crippen molar-refractivity contribution in [3.8, 4) is 5.75 Å². The highest BCUT2D eigenvalue weighted by molar-refractivity contribution is 6.03. The second-order valence-electron chi connectivity index (χ2n) is 6.67. The number of pyridine rings is 1. The van der Waals surface area contributed by atoms with Crippen LogP contribution in [0, 0.1) is 0 Å². The van der Waals surface area contributed by atoms with Gasteiger partial charge in [-0.2, -0.15) is 0 Å². The van der Waals surface area contributed by atoms with Crippen LogP contribution in [0.15, 0.2) is 23.0 Å². The van der Waals surface area contributed by atoms with Crippen molar-refractivity contribution < 1.29 is 34.5 Å². The van der Waals surface area contributed by atoms with E-state index in [-0.39, 0.29) is 11.9 Å². The summed E-state index contributed by atoms with van der Waals surface area (Å²) in [6, 6.07) is 3.41. The zero-order valence-electron chi connectivity index (χ0n) is 16.8. The Bertz CT molecular complexity index is 1110. The first-order chi connectivity index (χ1) is 14.6. The van der Waals surface area contributed by atoms with E-state index >= 15 is 0 Å². The van der Waals surface area contributed by atoms with Crippen LogP contribution in [0.3, 0.4) is 0 Å². The SMILES string of the molecule is CC(=O)N[C@@H](CO)C(=O)NCc1ccc2c(c1)c(O)c(C(=O)NCC(=O)O)c(=O)n2C. The van der Waals surface area contributed by atoms with Gasteiger partial charge in [-0.05, 0) is 17.7 Å². The minimum absolute atomic E-state index is 0.0340. The monoisotopic (exact) mass is 434 g/mol. The molecule has 0 spiro atoms. The molecule has 1 heterocycles. The average Bonchev–Trinajstić information content (AvgIpc) is 2.72. The zero-order chi connectivity index (χ0) is 23.3. The Kier molecular flexibility index (Phi) is 7.32. The zero-order valence-corrected chi connectivity index (χ0v) is 16.8. The van der Waals surface area contributed by atoms with E-state index < -0.39 is 59.8 Å². The topological polar surface area (TPSA) is 187 Å². The van der Waals surface area contributed by atoms with E-state index in [1.54, 1.807) is 6.07 Å². The molecule has 1 aromatic carbocycles. The van der Waals surface area contributed by atoms with Crippen molar-refractivity contribution in [2.24, 2.45) is 7.05 Å². The Balaban J connectivity index is 2.35. The molecule has 2 rings (SSSR count). The molecule has 0 saturated heterocycles. The van der Waals surface area contributed by atoms with Gasteiger partial charge in [0.1, 0.15) is 23.9 Å². The Hall–Kier alpha value is -3.93. The van der Waals surface area contributed by atoms with Gasteiger partial charge in [0, 0.05) is 25.9 Å². The van der Waals surface area contributed by atoms with Crippen molar-refractivity contribution in [3.05, 3.63) is 39.7 Å². The molecule has 0 fully saturated rings. The van der Waals surface area contributed by atoms with Gasteiger partial charge >= 0.3 is 5.97 Å². The van der Waals surface area contributed by atoms with Gasteiger partial charge < -0.3 is 35.8 Å². The summed E-state index contributed by atoms with van der Waals surface area (Å²) >= 11 is 0. The quantitative estimate of drug-likeness (QED) is 0.280. The molecule has 0 aliphatic rings. The Morgan fingerprint density at radius 3 is 2.42 bits per heavy atom. The Labute approximate surface area is 175 Å². The number of aryl methyl sites for hydroxylation is 1. The van der Waals surface area contributed by atoms with Crippen LogP contribution in [0.2, 0.25) is 0 Å². The number of benzene rings is 1. The molecule has 0 radical (unpaired) electrons. The van der Waals surface area contributed by atoms with Gasteiger partial charge in [-0.15, -0.1) is 0 Å². The van der Waals surface area contributed by atoms with E-state index in [1.165, 1.54) is 26.1 Å². The standard InChI is InChI=1S/C19H22N4O8/c1-9(25)22-12(8-24)17(29)20-6-10-3-4-13-11(5-10)16(28)15(19(31)23(13)2)18(30)21-7-14(26)27/h3-5,12,24,28H,6-8H2,1-2H3,(H,20,29)(H,21,30)(H,22,25)(H,26,27)/t12-/m0/s1. The smallest absolute Gasteiger partial charge is 0.322 e. The lowest BCUT2D eigenvalue weighted by Gasteiger charge is -2.16. The van der Waals surface area contributed by atoms with Gasteiger partial charge in [0.25, 0.3) is 11.5 Å². The van der Waals surface area contributed by atoms with Crippen LogP contribution in [0.25, 0.3) is 10.9 Å². The molecule has 0 aliphatic carbocycles. The summed E-state index contributed by atoms with van der Waals surface area (Å²) in [7, 11) is 1.39. The van der Waals surface area contributed by atoms with Gasteiger partial charge in [0.05, 0.1) is 12.1 Å². The molecule has 6 N–H and O–H groups in total. The molecule has 0 unspecified atom stereocenters. The summed E-state index contributed by atoms with van der Waals surface area (Å²) in [6.45, 7) is -0.156. The molecular formula is C19H22N4O8.